The Kier molecular flexibility index (Phi) is 3.80. The van der Waals surface area contributed by atoms with Crippen LogP contribution in [0.4, 0.5) is 10.1 Å². The van der Waals surface area contributed by atoms with Crippen molar-refractivity contribution in [1.82, 2.24) is 4.72 Å². The van der Waals surface area contributed by atoms with Crippen LogP contribution in [-0.4, -0.2) is 27.2 Å². The van der Waals surface area contributed by atoms with Crippen molar-refractivity contribution >= 4 is 15.7 Å². The van der Waals surface area contributed by atoms with Crippen LogP contribution in [0.2, 0.25) is 0 Å². The van der Waals surface area contributed by atoms with Gasteiger partial charge >= 0.3 is 0 Å². The summed E-state index contributed by atoms with van der Waals surface area (Å²) in [7, 11) is -3.80. The molecule has 1 aromatic carbocycles. The maximum atomic E-state index is 13.6. The van der Waals surface area contributed by atoms with E-state index in [9.17, 15) is 12.8 Å². The summed E-state index contributed by atoms with van der Waals surface area (Å²) in [6, 6.07) is 2.07. The summed E-state index contributed by atoms with van der Waals surface area (Å²) in [5, 5.41) is 0. The third-order valence-electron chi connectivity index (χ3n) is 3.29. The lowest BCUT2D eigenvalue weighted by molar-refractivity contribution is 0.117. The van der Waals surface area contributed by atoms with E-state index in [1.165, 1.54) is 13.0 Å². The van der Waals surface area contributed by atoms with Gasteiger partial charge in [0.25, 0.3) is 0 Å². The molecule has 1 aliphatic heterocycles. The molecule has 1 fully saturated rings. The van der Waals surface area contributed by atoms with E-state index in [0.29, 0.717) is 13.0 Å². The second-order valence-corrected chi connectivity index (χ2v) is 6.40. The highest BCUT2D eigenvalue weighted by Gasteiger charge is 2.30. The van der Waals surface area contributed by atoms with Gasteiger partial charge in [-0.15, -0.1) is 0 Å². The van der Waals surface area contributed by atoms with Gasteiger partial charge in [-0.3, -0.25) is 0 Å². The number of halogens is 1. The van der Waals surface area contributed by atoms with Gasteiger partial charge in [0.2, 0.25) is 10.0 Å². The topological polar surface area (TPSA) is 81.4 Å². The Morgan fingerprint density at radius 1 is 1.47 bits per heavy atom. The fraction of sp³-hybridized carbons (Fsp3) is 0.500. The first-order valence-corrected chi connectivity index (χ1v) is 7.49. The van der Waals surface area contributed by atoms with Gasteiger partial charge in [0, 0.05) is 17.9 Å². The molecule has 0 bridgehead atoms. The quantitative estimate of drug-likeness (QED) is 0.818. The molecule has 1 saturated heterocycles. The van der Waals surface area contributed by atoms with Crippen LogP contribution in [0.25, 0.3) is 0 Å². The lowest BCUT2D eigenvalue weighted by Gasteiger charge is -2.17. The smallest absolute Gasteiger partial charge is 0.241 e. The van der Waals surface area contributed by atoms with Crippen LogP contribution in [0.5, 0.6) is 0 Å². The molecule has 0 radical (unpaired) electrons. The van der Waals surface area contributed by atoms with Crippen LogP contribution in [0.3, 0.4) is 0 Å². The molecule has 1 heterocycles. The first-order valence-electron chi connectivity index (χ1n) is 6.01. The zero-order valence-electron chi connectivity index (χ0n) is 10.8. The van der Waals surface area contributed by atoms with E-state index in [1.807, 2.05) is 0 Å². The standard InChI is InChI=1S/C12H17FN2O3S/c1-7-10(13)5-9(14)6-12(7)19(16,17)15-11-3-4-18-8(11)2/h5-6,8,11,15H,3-4,14H2,1-2H3. The Hall–Kier alpha value is -1.18. The average molecular weight is 288 g/mol. The number of anilines is 1. The number of hydrogen-bond acceptors (Lipinski definition) is 4. The lowest BCUT2D eigenvalue weighted by Crippen LogP contribution is -2.39. The normalized spacial score (nSPS) is 23.7. The molecule has 5 nitrogen and oxygen atoms in total. The molecule has 0 aliphatic carbocycles. The van der Waals surface area contributed by atoms with E-state index in [1.54, 1.807) is 6.92 Å². The number of nitrogen functional groups attached to an aromatic ring is 1. The fourth-order valence-electron chi connectivity index (χ4n) is 2.10. The molecule has 106 valence electrons. The maximum Gasteiger partial charge on any atom is 0.241 e. The van der Waals surface area contributed by atoms with Gasteiger partial charge in [-0.1, -0.05) is 0 Å². The van der Waals surface area contributed by atoms with Crippen molar-refractivity contribution in [2.45, 2.75) is 37.3 Å². The molecule has 2 rings (SSSR count). The highest BCUT2D eigenvalue weighted by molar-refractivity contribution is 7.89. The average Bonchev–Trinajstić information content (AvgIpc) is 2.69. The molecule has 1 aromatic rings. The van der Waals surface area contributed by atoms with Crippen molar-refractivity contribution in [2.75, 3.05) is 12.3 Å². The van der Waals surface area contributed by atoms with Gasteiger partial charge in [-0.05, 0) is 32.4 Å². The summed E-state index contributed by atoms with van der Waals surface area (Å²) in [4.78, 5) is -0.121. The first-order chi connectivity index (χ1) is 8.81. The van der Waals surface area contributed by atoms with E-state index in [0.717, 1.165) is 6.07 Å². The van der Waals surface area contributed by atoms with Crippen molar-refractivity contribution in [3.05, 3.63) is 23.5 Å². The third-order valence-corrected chi connectivity index (χ3v) is 4.91. The minimum absolute atomic E-state index is 0.0632. The zero-order valence-corrected chi connectivity index (χ0v) is 11.6. The third kappa shape index (κ3) is 2.88. The molecule has 3 N–H and O–H groups in total. The van der Waals surface area contributed by atoms with Crippen LogP contribution in [0.15, 0.2) is 17.0 Å². The van der Waals surface area contributed by atoms with E-state index < -0.39 is 15.8 Å². The Labute approximate surface area is 112 Å². The Morgan fingerprint density at radius 3 is 2.74 bits per heavy atom. The second kappa shape index (κ2) is 5.07. The molecule has 7 heteroatoms. The zero-order chi connectivity index (χ0) is 14.2. The Balaban J connectivity index is 2.34. The molecule has 1 aliphatic rings. The largest absolute Gasteiger partial charge is 0.399 e. The van der Waals surface area contributed by atoms with E-state index >= 15 is 0 Å². The summed E-state index contributed by atoms with van der Waals surface area (Å²) >= 11 is 0. The molecule has 19 heavy (non-hydrogen) atoms. The minimum Gasteiger partial charge on any atom is -0.399 e. The molecular formula is C12H17FN2O3S. The van der Waals surface area contributed by atoms with Gasteiger partial charge < -0.3 is 10.5 Å². The van der Waals surface area contributed by atoms with Gasteiger partial charge in [0.05, 0.1) is 17.0 Å². The summed E-state index contributed by atoms with van der Waals surface area (Å²) in [5.74, 6) is -0.629. The summed E-state index contributed by atoms with van der Waals surface area (Å²) in [6.45, 7) is 3.73. The van der Waals surface area contributed by atoms with Crippen molar-refractivity contribution < 1.29 is 17.5 Å². The van der Waals surface area contributed by atoms with E-state index in [-0.39, 0.29) is 28.3 Å². The van der Waals surface area contributed by atoms with Gasteiger partial charge in [0.1, 0.15) is 5.82 Å². The van der Waals surface area contributed by atoms with Gasteiger partial charge in [-0.2, -0.15) is 0 Å². The predicted molar refractivity (Wildman–Crippen MR) is 69.7 cm³/mol. The predicted octanol–water partition coefficient (Wildman–Crippen LogP) is 1.17. The maximum absolute atomic E-state index is 13.6. The summed E-state index contributed by atoms with van der Waals surface area (Å²) in [6.07, 6.45) is 0.408. The van der Waals surface area contributed by atoms with Crippen molar-refractivity contribution in [2.24, 2.45) is 0 Å². The molecular weight excluding hydrogens is 271 g/mol. The van der Waals surface area contributed by atoms with Crippen molar-refractivity contribution in [1.29, 1.82) is 0 Å². The van der Waals surface area contributed by atoms with E-state index in [2.05, 4.69) is 4.72 Å². The number of rotatable bonds is 3. The van der Waals surface area contributed by atoms with Crippen LogP contribution in [0.1, 0.15) is 18.9 Å². The number of nitrogens with one attached hydrogen (secondary N) is 1. The number of hydrogen-bond donors (Lipinski definition) is 2. The van der Waals surface area contributed by atoms with Crippen LogP contribution in [-0.2, 0) is 14.8 Å². The fourth-order valence-corrected chi connectivity index (χ4v) is 3.73. The minimum atomic E-state index is -3.80. The highest BCUT2D eigenvalue weighted by Crippen LogP contribution is 2.23. The first kappa shape index (κ1) is 14.2. The summed E-state index contributed by atoms with van der Waals surface area (Å²) < 4.78 is 45.9. The molecule has 0 spiro atoms. The van der Waals surface area contributed by atoms with Crippen LogP contribution in [0, 0.1) is 12.7 Å². The number of ether oxygens (including phenoxy) is 1. The monoisotopic (exact) mass is 288 g/mol. The van der Waals surface area contributed by atoms with E-state index in [4.69, 9.17) is 10.5 Å². The SMILES string of the molecule is Cc1c(F)cc(N)cc1S(=O)(=O)NC1CCOC1C. The number of benzene rings is 1. The molecule has 0 aromatic heterocycles. The lowest BCUT2D eigenvalue weighted by atomic mass is 10.2. The Bertz CT molecular complexity index is 589. The van der Waals surface area contributed by atoms with Gasteiger partial charge in [0.15, 0.2) is 0 Å². The highest BCUT2D eigenvalue weighted by atomic mass is 32.2. The summed E-state index contributed by atoms with van der Waals surface area (Å²) in [5.41, 5.74) is 5.65. The van der Waals surface area contributed by atoms with Crippen molar-refractivity contribution in [3.63, 3.8) is 0 Å². The number of nitrogens with two attached hydrogens (primary N) is 1. The molecule has 0 amide bonds. The van der Waals surface area contributed by atoms with Crippen LogP contribution < -0.4 is 10.5 Å². The van der Waals surface area contributed by atoms with Gasteiger partial charge in [-0.25, -0.2) is 17.5 Å². The molecule has 2 atom stereocenters. The Morgan fingerprint density at radius 2 is 2.16 bits per heavy atom. The van der Waals surface area contributed by atoms with Crippen molar-refractivity contribution in [3.8, 4) is 0 Å². The second-order valence-electron chi connectivity index (χ2n) is 4.72. The van der Waals surface area contributed by atoms with Crippen LogP contribution >= 0.6 is 0 Å². The molecule has 2 unspecified atom stereocenters. The number of sulfonamides is 1. The molecule has 0 saturated carbocycles.